The summed E-state index contributed by atoms with van der Waals surface area (Å²) in [6.07, 6.45) is 3.96. The maximum absolute atomic E-state index is 12.1. The minimum atomic E-state index is -0.270. The molecule has 5 heteroatoms. The lowest BCUT2D eigenvalue weighted by Crippen LogP contribution is -2.25. The number of amides is 2. The van der Waals surface area contributed by atoms with Crippen molar-refractivity contribution in [1.29, 1.82) is 0 Å². The molecule has 0 saturated carbocycles. The van der Waals surface area contributed by atoms with Crippen LogP contribution in [0.3, 0.4) is 0 Å². The van der Waals surface area contributed by atoms with Gasteiger partial charge in [0, 0.05) is 24.5 Å². The molecule has 0 radical (unpaired) electrons. The first-order valence-electron chi connectivity index (χ1n) is 6.81. The number of carbonyl (C=O) groups excluding carboxylic acids is 2. The number of nitrogens with one attached hydrogen (secondary N) is 2. The Hall–Kier alpha value is -2.69. The molecule has 108 valence electrons. The first kappa shape index (κ1) is 14.7. The molecule has 0 aliphatic heterocycles. The zero-order valence-corrected chi connectivity index (χ0v) is 11.8. The van der Waals surface area contributed by atoms with Gasteiger partial charge in [0.2, 0.25) is 0 Å². The van der Waals surface area contributed by atoms with Gasteiger partial charge in [-0.2, -0.15) is 0 Å². The van der Waals surface area contributed by atoms with E-state index in [-0.39, 0.29) is 11.8 Å². The SMILES string of the molecule is CCCNC(=O)c1ccccc1NC(=O)c1ccncc1. The molecule has 2 N–H and O–H groups in total. The van der Waals surface area contributed by atoms with Crippen LogP contribution in [0, 0.1) is 0 Å². The third kappa shape index (κ3) is 3.89. The highest BCUT2D eigenvalue weighted by molar-refractivity contribution is 6.08. The van der Waals surface area contributed by atoms with Crippen molar-refractivity contribution >= 4 is 17.5 Å². The van der Waals surface area contributed by atoms with E-state index in [1.807, 2.05) is 6.92 Å². The number of carbonyl (C=O) groups is 2. The van der Waals surface area contributed by atoms with Crippen LogP contribution in [-0.2, 0) is 0 Å². The molecule has 0 aliphatic rings. The van der Waals surface area contributed by atoms with Crippen LogP contribution in [0.2, 0.25) is 0 Å². The molecule has 0 unspecified atom stereocenters. The van der Waals surface area contributed by atoms with E-state index in [9.17, 15) is 9.59 Å². The summed E-state index contributed by atoms with van der Waals surface area (Å²) in [7, 11) is 0. The molecule has 0 fully saturated rings. The lowest BCUT2D eigenvalue weighted by Gasteiger charge is -2.11. The van der Waals surface area contributed by atoms with Crippen molar-refractivity contribution in [2.45, 2.75) is 13.3 Å². The van der Waals surface area contributed by atoms with Crippen molar-refractivity contribution in [2.24, 2.45) is 0 Å². The normalized spacial score (nSPS) is 9.95. The highest BCUT2D eigenvalue weighted by Crippen LogP contribution is 2.16. The smallest absolute Gasteiger partial charge is 0.255 e. The summed E-state index contributed by atoms with van der Waals surface area (Å²) in [6.45, 7) is 2.59. The van der Waals surface area contributed by atoms with E-state index in [1.165, 1.54) is 0 Å². The molecule has 0 aliphatic carbocycles. The van der Waals surface area contributed by atoms with Crippen molar-refractivity contribution < 1.29 is 9.59 Å². The summed E-state index contributed by atoms with van der Waals surface area (Å²) in [5.41, 5.74) is 1.44. The Morgan fingerprint density at radius 2 is 1.76 bits per heavy atom. The molecule has 0 bridgehead atoms. The summed E-state index contributed by atoms with van der Waals surface area (Å²) in [4.78, 5) is 28.1. The Balaban J connectivity index is 2.17. The van der Waals surface area contributed by atoms with Crippen LogP contribution in [0.4, 0.5) is 5.69 Å². The van der Waals surface area contributed by atoms with E-state index >= 15 is 0 Å². The Kier molecular flexibility index (Phi) is 5.04. The third-order valence-corrected chi connectivity index (χ3v) is 2.90. The summed E-state index contributed by atoms with van der Waals surface area (Å²) in [5.74, 6) is -0.462. The van der Waals surface area contributed by atoms with Crippen LogP contribution in [0.1, 0.15) is 34.1 Å². The number of hydrogen-bond acceptors (Lipinski definition) is 3. The highest BCUT2D eigenvalue weighted by atomic mass is 16.2. The number of hydrogen-bond donors (Lipinski definition) is 2. The zero-order valence-electron chi connectivity index (χ0n) is 11.8. The van der Waals surface area contributed by atoms with Crippen molar-refractivity contribution in [1.82, 2.24) is 10.3 Å². The molecule has 0 atom stereocenters. The quantitative estimate of drug-likeness (QED) is 0.885. The minimum Gasteiger partial charge on any atom is -0.352 e. The van der Waals surface area contributed by atoms with Crippen LogP contribution in [0.25, 0.3) is 0 Å². The van der Waals surface area contributed by atoms with Gasteiger partial charge in [-0.3, -0.25) is 14.6 Å². The number of nitrogens with zero attached hydrogens (tertiary/aromatic N) is 1. The van der Waals surface area contributed by atoms with Crippen LogP contribution in [0.5, 0.6) is 0 Å². The van der Waals surface area contributed by atoms with Gasteiger partial charge in [0.25, 0.3) is 11.8 Å². The molecule has 1 aromatic heterocycles. The summed E-state index contributed by atoms with van der Waals surface area (Å²) in [5, 5.41) is 5.56. The molecule has 0 spiro atoms. The van der Waals surface area contributed by atoms with Crippen LogP contribution in [0.15, 0.2) is 48.8 Å². The monoisotopic (exact) mass is 283 g/mol. The van der Waals surface area contributed by atoms with Gasteiger partial charge in [0.1, 0.15) is 0 Å². The van der Waals surface area contributed by atoms with Gasteiger partial charge in [0.05, 0.1) is 11.3 Å². The van der Waals surface area contributed by atoms with Crippen molar-refractivity contribution in [3.63, 3.8) is 0 Å². The van der Waals surface area contributed by atoms with E-state index < -0.39 is 0 Å². The summed E-state index contributed by atoms with van der Waals surface area (Å²) < 4.78 is 0. The van der Waals surface area contributed by atoms with E-state index in [0.29, 0.717) is 23.4 Å². The van der Waals surface area contributed by atoms with Gasteiger partial charge >= 0.3 is 0 Å². The minimum absolute atomic E-state index is 0.192. The molecule has 1 heterocycles. The molecule has 2 amide bonds. The van der Waals surface area contributed by atoms with Gasteiger partial charge in [-0.25, -0.2) is 0 Å². The van der Waals surface area contributed by atoms with Crippen LogP contribution < -0.4 is 10.6 Å². The Bertz CT molecular complexity index is 626. The molecule has 2 aromatic rings. The van der Waals surface area contributed by atoms with Crippen molar-refractivity contribution in [3.05, 3.63) is 59.9 Å². The van der Waals surface area contributed by atoms with Crippen molar-refractivity contribution in [2.75, 3.05) is 11.9 Å². The molecule has 1 aromatic carbocycles. The van der Waals surface area contributed by atoms with Crippen LogP contribution >= 0.6 is 0 Å². The van der Waals surface area contributed by atoms with Gasteiger partial charge in [-0.05, 0) is 30.7 Å². The van der Waals surface area contributed by atoms with Gasteiger partial charge < -0.3 is 10.6 Å². The molecular formula is C16H17N3O2. The number of para-hydroxylation sites is 1. The fourth-order valence-electron chi connectivity index (χ4n) is 1.82. The molecule has 5 nitrogen and oxygen atoms in total. The second-order valence-corrected chi connectivity index (χ2v) is 4.49. The van der Waals surface area contributed by atoms with Gasteiger partial charge in [-0.15, -0.1) is 0 Å². The van der Waals surface area contributed by atoms with Crippen LogP contribution in [-0.4, -0.2) is 23.3 Å². The predicted octanol–water partition coefficient (Wildman–Crippen LogP) is 2.47. The predicted molar refractivity (Wildman–Crippen MR) is 81.3 cm³/mol. The topological polar surface area (TPSA) is 71.1 Å². The molecular weight excluding hydrogens is 266 g/mol. The van der Waals surface area contributed by atoms with E-state index in [4.69, 9.17) is 0 Å². The zero-order chi connectivity index (χ0) is 15.1. The third-order valence-electron chi connectivity index (χ3n) is 2.90. The first-order valence-corrected chi connectivity index (χ1v) is 6.81. The lowest BCUT2D eigenvalue weighted by molar-refractivity contribution is 0.0954. The number of aromatic nitrogens is 1. The van der Waals surface area contributed by atoms with E-state index in [1.54, 1.807) is 48.8 Å². The standard InChI is InChI=1S/C16H17N3O2/c1-2-9-18-16(21)13-5-3-4-6-14(13)19-15(20)12-7-10-17-11-8-12/h3-8,10-11H,2,9H2,1H3,(H,18,21)(H,19,20). The maximum Gasteiger partial charge on any atom is 0.255 e. The fraction of sp³-hybridized carbons (Fsp3) is 0.188. The Labute approximate surface area is 123 Å². The Morgan fingerprint density at radius 3 is 2.48 bits per heavy atom. The summed E-state index contributed by atoms with van der Waals surface area (Å²) >= 11 is 0. The summed E-state index contributed by atoms with van der Waals surface area (Å²) in [6, 6.07) is 10.2. The average molecular weight is 283 g/mol. The van der Waals surface area contributed by atoms with Gasteiger partial charge in [-0.1, -0.05) is 19.1 Å². The average Bonchev–Trinajstić information content (AvgIpc) is 2.54. The Morgan fingerprint density at radius 1 is 1.05 bits per heavy atom. The lowest BCUT2D eigenvalue weighted by atomic mass is 10.1. The maximum atomic E-state index is 12.1. The fourth-order valence-corrected chi connectivity index (χ4v) is 1.82. The van der Waals surface area contributed by atoms with Gasteiger partial charge in [0.15, 0.2) is 0 Å². The molecule has 0 saturated heterocycles. The first-order chi connectivity index (χ1) is 10.2. The molecule has 21 heavy (non-hydrogen) atoms. The molecule has 2 rings (SSSR count). The number of rotatable bonds is 5. The van der Waals surface area contributed by atoms with E-state index in [2.05, 4.69) is 15.6 Å². The van der Waals surface area contributed by atoms with E-state index in [0.717, 1.165) is 6.42 Å². The second-order valence-electron chi connectivity index (χ2n) is 4.49. The second kappa shape index (κ2) is 7.19. The number of pyridine rings is 1. The number of anilines is 1. The largest absolute Gasteiger partial charge is 0.352 e. The van der Waals surface area contributed by atoms with Crippen molar-refractivity contribution in [3.8, 4) is 0 Å². The number of benzene rings is 1. The highest BCUT2D eigenvalue weighted by Gasteiger charge is 2.13.